The Kier molecular flexibility index (Phi) is 7.03. The fourth-order valence-electron chi connectivity index (χ4n) is 3.51. The van der Waals surface area contributed by atoms with Crippen LogP contribution in [0.4, 0.5) is 0 Å². The van der Waals surface area contributed by atoms with Crippen LogP contribution in [0.5, 0.6) is 5.75 Å². The molecule has 1 aliphatic rings. The SMILES string of the molecule is CCOC(=O)C1=C(C)OC(N)=C(C#N)C1c1cc(Br)ccc1OCc1cccc(C)c1. The lowest BCUT2D eigenvalue weighted by Gasteiger charge is -2.28. The van der Waals surface area contributed by atoms with Gasteiger partial charge in [0.2, 0.25) is 5.88 Å². The van der Waals surface area contributed by atoms with Gasteiger partial charge in [-0.1, -0.05) is 45.8 Å². The van der Waals surface area contributed by atoms with E-state index in [2.05, 4.69) is 22.0 Å². The number of carbonyl (C=O) groups excluding carboxylic acids is 1. The molecule has 1 unspecified atom stereocenters. The van der Waals surface area contributed by atoms with Crippen molar-refractivity contribution in [1.29, 1.82) is 5.26 Å². The Balaban J connectivity index is 2.08. The predicted octanol–water partition coefficient (Wildman–Crippen LogP) is 4.98. The molecule has 7 heteroatoms. The van der Waals surface area contributed by atoms with Gasteiger partial charge in [-0.25, -0.2) is 4.79 Å². The molecule has 160 valence electrons. The van der Waals surface area contributed by atoms with Crippen molar-refractivity contribution in [1.82, 2.24) is 0 Å². The molecule has 0 saturated heterocycles. The van der Waals surface area contributed by atoms with E-state index in [-0.39, 0.29) is 23.6 Å². The van der Waals surface area contributed by atoms with Gasteiger partial charge in [-0.05, 0) is 44.5 Å². The molecule has 0 aliphatic carbocycles. The topological polar surface area (TPSA) is 94.6 Å². The minimum absolute atomic E-state index is 0.0392. The van der Waals surface area contributed by atoms with Gasteiger partial charge in [0.25, 0.3) is 0 Å². The maximum atomic E-state index is 12.8. The van der Waals surface area contributed by atoms with Crippen LogP contribution in [0.1, 0.15) is 36.5 Å². The standard InChI is InChI=1S/C24H23BrN2O4/c1-4-29-24(28)21-15(3)31-23(27)19(12-26)22(21)18-11-17(25)8-9-20(18)30-13-16-7-5-6-14(2)10-16/h5-11,22H,4,13,27H2,1-3H3. The Bertz CT molecular complexity index is 1110. The van der Waals surface area contributed by atoms with Gasteiger partial charge in [0.1, 0.15) is 29.8 Å². The van der Waals surface area contributed by atoms with Crippen molar-refractivity contribution in [3.8, 4) is 11.8 Å². The lowest BCUT2D eigenvalue weighted by atomic mass is 9.82. The third kappa shape index (κ3) is 4.92. The third-order valence-electron chi connectivity index (χ3n) is 4.86. The molecule has 2 N–H and O–H groups in total. The van der Waals surface area contributed by atoms with Crippen LogP contribution in [0.25, 0.3) is 0 Å². The zero-order valence-electron chi connectivity index (χ0n) is 17.6. The lowest BCUT2D eigenvalue weighted by molar-refractivity contribution is -0.139. The van der Waals surface area contributed by atoms with E-state index < -0.39 is 11.9 Å². The largest absolute Gasteiger partial charge is 0.489 e. The summed E-state index contributed by atoms with van der Waals surface area (Å²) in [7, 11) is 0. The number of nitrogens with two attached hydrogens (primary N) is 1. The molecular formula is C24H23BrN2O4. The monoisotopic (exact) mass is 482 g/mol. The molecule has 0 radical (unpaired) electrons. The number of allylic oxidation sites excluding steroid dienone is 2. The smallest absolute Gasteiger partial charge is 0.338 e. The van der Waals surface area contributed by atoms with Gasteiger partial charge in [-0.3, -0.25) is 0 Å². The van der Waals surface area contributed by atoms with Crippen molar-refractivity contribution in [2.24, 2.45) is 5.73 Å². The number of rotatable bonds is 6. The Morgan fingerprint density at radius 3 is 2.71 bits per heavy atom. The molecule has 0 aromatic heterocycles. The zero-order chi connectivity index (χ0) is 22.5. The Labute approximate surface area is 190 Å². The average Bonchev–Trinajstić information content (AvgIpc) is 2.72. The van der Waals surface area contributed by atoms with Gasteiger partial charge < -0.3 is 19.9 Å². The van der Waals surface area contributed by atoms with Crippen LogP contribution in [-0.2, 0) is 20.9 Å². The number of hydrogen-bond donors (Lipinski definition) is 1. The van der Waals surface area contributed by atoms with Crippen molar-refractivity contribution >= 4 is 21.9 Å². The summed E-state index contributed by atoms with van der Waals surface area (Å²) >= 11 is 3.48. The van der Waals surface area contributed by atoms with E-state index in [0.29, 0.717) is 23.7 Å². The van der Waals surface area contributed by atoms with Crippen LogP contribution in [0.2, 0.25) is 0 Å². The van der Waals surface area contributed by atoms with Crippen LogP contribution in [0.3, 0.4) is 0 Å². The second kappa shape index (κ2) is 9.71. The second-order valence-electron chi connectivity index (χ2n) is 7.08. The molecule has 0 spiro atoms. The molecule has 0 fully saturated rings. The molecule has 2 aromatic rings. The second-order valence-corrected chi connectivity index (χ2v) is 7.99. The van der Waals surface area contributed by atoms with Gasteiger partial charge in [0, 0.05) is 10.0 Å². The summed E-state index contributed by atoms with van der Waals surface area (Å²) in [5.41, 5.74) is 9.13. The molecule has 0 bridgehead atoms. The number of esters is 1. The number of nitrogens with zero attached hydrogens (tertiary/aromatic N) is 1. The van der Waals surface area contributed by atoms with Gasteiger partial charge in [-0.15, -0.1) is 0 Å². The first-order valence-corrected chi connectivity index (χ1v) is 10.6. The van der Waals surface area contributed by atoms with E-state index in [1.54, 1.807) is 19.9 Å². The fourth-order valence-corrected chi connectivity index (χ4v) is 3.88. The van der Waals surface area contributed by atoms with E-state index in [9.17, 15) is 10.1 Å². The first kappa shape index (κ1) is 22.4. The summed E-state index contributed by atoms with van der Waals surface area (Å²) < 4.78 is 17.6. The van der Waals surface area contributed by atoms with E-state index in [1.165, 1.54) is 0 Å². The van der Waals surface area contributed by atoms with Gasteiger partial charge >= 0.3 is 5.97 Å². The number of nitriles is 1. The molecule has 0 amide bonds. The summed E-state index contributed by atoms with van der Waals surface area (Å²) in [4.78, 5) is 12.8. The van der Waals surface area contributed by atoms with Crippen molar-refractivity contribution in [3.63, 3.8) is 0 Å². The molecule has 31 heavy (non-hydrogen) atoms. The minimum Gasteiger partial charge on any atom is -0.489 e. The normalized spacial score (nSPS) is 15.9. The molecule has 1 heterocycles. The number of halogens is 1. The highest BCUT2D eigenvalue weighted by Crippen LogP contribution is 2.44. The van der Waals surface area contributed by atoms with E-state index in [1.807, 2.05) is 43.3 Å². The highest BCUT2D eigenvalue weighted by atomic mass is 79.9. The third-order valence-corrected chi connectivity index (χ3v) is 5.35. The Morgan fingerprint density at radius 1 is 1.26 bits per heavy atom. The summed E-state index contributed by atoms with van der Waals surface area (Å²) in [5, 5.41) is 9.81. The number of carbonyl (C=O) groups is 1. The molecule has 0 saturated carbocycles. The molecule has 6 nitrogen and oxygen atoms in total. The van der Waals surface area contributed by atoms with Crippen LogP contribution in [0.15, 0.2) is 69.7 Å². The minimum atomic E-state index is -0.775. The first-order chi connectivity index (χ1) is 14.8. The molecule has 1 atom stereocenters. The molecule has 2 aromatic carbocycles. The number of aryl methyl sites for hydroxylation is 1. The van der Waals surface area contributed by atoms with Crippen LogP contribution >= 0.6 is 15.9 Å². The average molecular weight is 483 g/mol. The van der Waals surface area contributed by atoms with Gasteiger partial charge in [0.05, 0.1) is 18.1 Å². The Morgan fingerprint density at radius 2 is 2.03 bits per heavy atom. The van der Waals surface area contributed by atoms with Gasteiger partial charge in [-0.2, -0.15) is 5.26 Å². The maximum Gasteiger partial charge on any atom is 0.338 e. The predicted molar refractivity (Wildman–Crippen MR) is 120 cm³/mol. The van der Waals surface area contributed by atoms with E-state index in [0.717, 1.165) is 15.6 Å². The molecule has 3 rings (SSSR count). The number of hydrogen-bond acceptors (Lipinski definition) is 6. The van der Waals surface area contributed by atoms with Crippen molar-refractivity contribution in [2.45, 2.75) is 33.3 Å². The zero-order valence-corrected chi connectivity index (χ0v) is 19.2. The van der Waals surface area contributed by atoms with E-state index >= 15 is 0 Å². The lowest BCUT2D eigenvalue weighted by Crippen LogP contribution is -2.26. The fraction of sp³-hybridized carbons (Fsp3) is 0.250. The van der Waals surface area contributed by atoms with Crippen LogP contribution in [-0.4, -0.2) is 12.6 Å². The van der Waals surface area contributed by atoms with Crippen molar-refractivity contribution in [3.05, 3.63) is 86.4 Å². The van der Waals surface area contributed by atoms with E-state index in [4.69, 9.17) is 19.9 Å². The highest BCUT2D eigenvalue weighted by Gasteiger charge is 2.38. The first-order valence-electron chi connectivity index (χ1n) is 9.79. The summed E-state index contributed by atoms with van der Waals surface area (Å²) in [6.07, 6.45) is 0. The quantitative estimate of drug-likeness (QED) is 0.583. The molecular weight excluding hydrogens is 460 g/mol. The van der Waals surface area contributed by atoms with Crippen LogP contribution < -0.4 is 10.5 Å². The number of ether oxygens (including phenoxy) is 3. The van der Waals surface area contributed by atoms with Crippen LogP contribution in [0, 0.1) is 18.3 Å². The summed E-state index contributed by atoms with van der Waals surface area (Å²) in [6.45, 7) is 5.89. The Hall–Kier alpha value is -3.24. The van der Waals surface area contributed by atoms with Crippen molar-refractivity contribution < 1.29 is 19.0 Å². The molecule has 1 aliphatic heterocycles. The van der Waals surface area contributed by atoms with Crippen molar-refractivity contribution in [2.75, 3.05) is 6.61 Å². The number of benzene rings is 2. The highest BCUT2D eigenvalue weighted by molar-refractivity contribution is 9.10. The summed E-state index contributed by atoms with van der Waals surface area (Å²) in [6, 6.07) is 15.6. The summed E-state index contributed by atoms with van der Waals surface area (Å²) in [5.74, 6) is -0.545. The van der Waals surface area contributed by atoms with Gasteiger partial charge in [0.15, 0.2) is 0 Å². The maximum absolute atomic E-state index is 12.8.